The van der Waals surface area contributed by atoms with Gasteiger partial charge in [0, 0.05) is 24.8 Å². The first kappa shape index (κ1) is 22.9. The van der Waals surface area contributed by atoms with Gasteiger partial charge in [-0.3, -0.25) is 9.78 Å². The number of carbonyl (C=O) groups excluding carboxylic acids is 1. The van der Waals surface area contributed by atoms with Gasteiger partial charge in [0.2, 0.25) is 5.91 Å². The van der Waals surface area contributed by atoms with Crippen molar-refractivity contribution in [3.8, 4) is 10.7 Å². The number of thiazole rings is 1. The number of nitrogens with zero attached hydrogens (tertiary/aromatic N) is 4. The van der Waals surface area contributed by atoms with Gasteiger partial charge >= 0.3 is 0 Å². The molecular weight excluding hydrogens is 448 g/mol. The van der Waals surface area contributed by atoms with Crippen molar-refractivity contribution in [3.05, 3.63) is 47.9 Å². The minimum atomic E-state index is -0.0446. The molecule has 9 heteroatoms. The maximum atomic E-state index is 12.2. The zero-order chi connectivity index (χ0) is 23.4. The number of hydrogen-bond acceptors (Lipinski definition) is 8. The highest BCUT2D eigenvalue weighted by molar-refractivity contribution is 7.19. The Kier molecular flexibility index (Phi) is 6.82. The average Bonchev–Trinajstić information content (AvgIpc) is 3.51. The molecule has 1 aliphatic carbocycles. The normalized spacial score (nSPS) is 18.9. The molecule has 34 heavy (non-hydrogen) atoms. The Morgan fingerprint density at radius 1 is 1.21 bits per heavy atom. The number of hydrogen-bond donors (Lipinski definition) is 2. The molecule has 1 aliphatic heterocycles. The minimum absolute atomic E-state index is 0.0311. The van der Waals surface area contributed by atoms with E-state index < -0.39 is 0 Å². The van der Waals surface area contributed by atoms with E-state index in [1.54, 1.807) is 6.20 Å². The monoisotopic (exact) mass is 478 g/mol. The molecule has 2 aliphatic rings. The fourth-order valence-electron chi connectivity index (χ4n) is 4.75. The van der Waals surface area contributed by atoms with Crippen LogP contribution in [0.25, 0.3) is 10.7 Å². The lowest BCUT2D eigenvalue weighted by molar-refractivity contribution is -0.118. The van der Waals surface area contributed by atoms with Crippen LogP contribution < -0.4 is 10.6 Å². The number of ether oxygens (including phenoxy) is 1. The Morgan fingerprint density at radius 2 is 2.12 bits per heavy atom. The van der Waals surface area contributed by atoms with Gasteiger partial charge in [-0.05, 0) is 55.9 Å². The second-order valence-electron chi connectivity index (χ2n) is 9.07. The summed E-state index contributed by atoms with van der Waals surface area (Å²) in [6.45, 7) is 3.73. The molecule has 3 aromatic heterocycles. The zero-order valence-corrected chi connectivity index (χ0v) is 20.2. The molecule has 1 atom stereocenters. The summed E-state index contributed by atoms with van der Waals surface area (Å²) in [5.74, 6) is 0.697. The van der Waals surface area contributed by atoms with Gasteiger partial charge < -0.3 is 15.4 Å². The Bertz CT molecular complexity index is 1120. The summed E-state index contributed by atoms with van der Waals surface area (Å²) in [5, 5.41) is 16.6. The fraction of sp³-hybridized carbons (Fsp3) is 0.480. The van der Waals surface area contributed by atoms with Crippen molar-refractivity contribution in [1.29, 1.82) is 0 Å². The van der Waals surface area contributed by atoms with Crippen LogP contribution in [0.3, 0.4) is 0 Å². The smallest absolute Gasteiger partial charge is 0.227 e. The summed E-state index contributed by atoms with van der Waals surface area (Å²) in [6, 6.07) is 8.05. The first-order valence-corrected chi connectivity index (χ1v) is 12.9. The molecule has 0 spiro atoms. The molecule has 3 aromatic rings. The molecule has 1 unspecified atom stereocenters. The topological polar surface area (TPSA) is 102 Å². The van der Waals surface area contributed by atoms with Crippen molar-refractivity contribution in [2.45, 2.75) is 63.4 Å². The van der Waals surface area contributed by atoms with Gasteiger partial charge in [-0.2, -0.15) is 0 Å². The summed E-state index contributed by atoms with van der Waals surface area (Å²) in [6.07, 6.45) is 10.4. The SMILES string of the molecule is CCc1cccnc1C1(CNc2ccc(-c3ncc(NC(=O)CC4CCCO4)s3)nn2)CCC1. The second kappa shape index (κ2) is 10.1. The Balaban J connectivity index is 1.19. The van der Waals surface area contributed by atoms with E-state index in [4.69, 9.17) is 9.72 Å². The molecule has 2 N–H and O–H groups in total. The lowest BCUT2D eigenvalue weighted by atomic mass is 9.65. The fourth-order valence-corrected chi connectivity index (χ4v) is 5.55. The molecule has 1 saturated heterocycles. The van der Waals surface area contributed by atoms with Crippen LogP contribution in [0.4, 0.5) is 10.8 Å². The summed E-state index contributed by atoms with van der Waals surface area (Å²) < 4.78 is 5.53. The number of nitrogens with one attached hydrogen (secondary N) is 2. The molecule has 0 aromatic carbocycles. The highest BCUT2D eigenvalue weighted by atomic mass is 32.1. The van der Waals surface area contributed by atoms with Gasteiger partial charge in [0.05, 0.1) is 24.4 Å². The summed E-state index contributed by atoms with van der Waals surface area (Å²) in [4.78, 5) is 21.4. The molecule has 0 radical (unpaired) electrons. The molecular formula is C25H30N6O2S. The van der Waals surface area contributed by atoms with Crippen LogP contribution in [-0.2, 0) is 21.4 Å². The molecule has 2 fully saturated rings. The number of aromatic nitrogens is 4. The zero-order valence-electron chi connectivity index (χ0n) is 19.4. The third-order valence-corrected chi connectivity index (χ3v) is 7.72. The number of amides is 1. The first-order valence-electron chi connectivity index (χ1n) is 12.0. The van der Waals surface area contributed by atoms with Crippen molar-refractivity contribution in [1.82, 2.24) is 20.2 Å². The predicted octanol–water partition coefficient (Wildman–Crippen LogP) is 4.60. The van der Waals surface area contributed by atoms with Crippen LogP contribution in [0.5, 0.6) is 0 Å². The molecule has 178 valence electrons. The number of aryl methyl sites for hydroxylation is 1. The molecule has 0 bridgehead atoms. The first-order chi connectivity index (χ1) is 16.6. The van der Waals surface area contributed by atoms with E-state index in [1.165, 1.54) is 29.0 Å². The van der Waals surface area contributed by atoms with Gasteiger partial charge in [0.15, 0.2) is 0 Å². The van der Waals surface area contributed by atoms with Crippen LogP contribution in [0.15, 0.2) is 36.7 Å². The van der Waals surface area contributed by atoms with Crippen molar-refractivity contribution >= 4 is 28.1 Å². The number of carbonyl (C=O) groups is 1. The standard InChI is InChI=1S/C25H30N6O2S/c1-2-17-6-3-12-26-23(17)25(10-5-11-25)16-28-20-9-8-19(30-31-20)24-27-15-22(34-24)29-21(32)14-18-7-4-13-33-18/h3,6,8-9,12,15,18H,2,4-5,7,10-11,13-14,16H2,1H3,(H,28,31)(H,29,32). The van der Waals surface area contributed by atoms with E-state index in [0.29, 0.717) is 17.1 Å². The minimum Gasteiger partial charge on any atom is -0.378 e. The van der Waals surface area contributed by atoms with E-state index in [-0.39, 0.29) is 17.4 Å². The maximum Gasteiger partial charge on any atom is 0.227 e. The highest BCUT2D eigenvalue weighted by Crippen LogP contribution is 2.44. The molecule has 1 amide bonds. The van der Waals surface area contributed by atoms with Crippen LogP contribution in [0.2, 0.25) is 0 Å². The van der Waals surface area contributed by atoms with Gasteiger partial charge in [-0.1, -0.05) is 30.7 Å². The van der Waals surface area contributed by atoms with Gasteiger partial charge in [0.25, 0.3) is 0 Å². The number of pyridine rings is 1. The van der Waals surface area contributed by atoms with Gasteiger partial charge in [-0.25, -0.2) is 4.98 Å². The Morgan fingerprint density at radius 3 is 2.82 bits per heavy atom. The largest absolute Gasteiger partial charge is 0.378 e. The van der Waals surface area contributed by atoms with Crippen LogP contribution >= 0.6 is 11.3 Å². The lowest BCUT2D eigenvalue weighted by Crippen LogP contribution is -2.42. The summed E-state index contributed by atoms with van der Waals surface area (Å²) in [5.41, 5.74) is 3.30. The van der Waals surface area contributed by atoms with E-state index in [9.17, 15) is 4.79 Å². The average molecular weight is 479 g/mol. The number of rotatable bonds is 9. The Hall–Kier alpha value is -2.91. The molecule has 4 heterocycles. The quantitative estimate of drug-likeness (QED) is 0.463. The second-order valence-corrected chi connectivity index (χ2v) is 10.1. The van der Waals surface area contributed by atoms with E-state index in [2.05, 4.69) is 38.8 Å². The lowest BCUT2D eigenvalue weighted by Gasteiger charge is -2.42. The predicted molar refractivity (Wildman–Crippen MR) is 133 cm³/mol. The van der Waals surface area contributed by atoms with Gasteiger partial charge in [0.1, 0.15) is 21.5 Å². The van der Waals surface area contributed by atoms with Crippen molar-refractivity contribution < 1.29 is 9.53 Å². The van der Waals surface area contributed by atoms with Crippen LogP contribution in [0, 0.1) is 0 Å². The van der Waals surface area contributed by atoms with E-state index >= 15 is 0 Å². The molecule has 5 rings (SSSR count). The van der Waals surface area contributed by atoms with Crippen molar-refractivity contribution in [2.75, 3.05) is 23.8 Å². The number of anilines is 2. The molecule has 1 saturated carbocycles. The Labute approximate surface area is 203 Å². The van der Waals surface area contributed by atoms with Gasteiger partial charge in [-0.15, -0.1) is 10.2 Å². The third kappa shape index (κ3) is 4.95. The van der Waals surface area contributed by atoms with Crippen LogP contribution in [0.1, 0.15) is 56.7 Å². The van der Waals surface area contributed by atoms with Crippen molar-refractivity contribution in [2.24, 2.45) is 0 Å². The summed E-state index contributed by atoms with van der Waals surface area (Å²) >= 11 is 1.39. The highest BCUT2D eigenvalue weighted by Gasteiger charge is 2.41. The van der Waals surface area contributed by atoms with Crippen molar-refractivity contribution in [3.63, 3.8) is 0 Å². The van der Waals surface area contributed by atoms with Crippen LogP contribution in [-0.4, -0.2) is 45.3 Å². The summed E-state index contributed by atoms with van der Waals surface area (Å²) in [7, 11) is 0. The van der Waals surface area contributed by atoms with E-state index in [0.717, 1.165) is 56.1 Å². The van der Waals surface area contributed by atoms with E-state index in [1.807, 2.05) is 24.4 Å². The third-order valence-electron chi connectivity index (χ3n) is 6.78. The maximum absolute atomic E-state index is 12.2. The molecule has 8 nitrogen and oxygen atoms in total.